The zero-order valence-corrected chi connectivity index (χ0v) is 14.0. The molecule has 1 heterocycles. The molecule has 3 rings (SSSR count). The molecule has 2 aromatic carbocycles. The van der Waals surface area contributed by atoms with Crippen molar-refractivity contribution in [1.29, 1.82) is 0 Å². The zero-order chi connectivity index (χ0) is 16.9. The summed E-state index contributed by atoms with van der Waals surface area (Å²) in [5.41, 5.74) is 2.24. The molecule has 0 aliphatic carbocycles. The molecule has 1 atom stereocenters. The van der Waals surface area contributed by atoms with Crippen molar-refractivity contribution in [1.82, 2.24) is 9.80 Å². The van der Waals surface area contributed by atoms with Gasteiger partial charge in [-0.05, 0) is 36.7 Å². The van der Waals surface area contributed by atoms with E-state index in [1.807, 2.05) is 35.2 Å². The van der Waals surface area contributed by atoms with Crippen molar-refractivity contribution in [2.45, 2.75) is 18.9 Å². The van der Waals surface area contributed by atoms with Crippen LogP contribution >= 0.6 is 0 Å². The van der Waals surface area contributed by atoms with E-state index in [9.17, 15) is 9.18 Å². The largest absolute Gasteiger partial charge is 0.339 e. The summed E-state index contributed by atoms with van der Waals surface area (Å²) in [6.07, 6.45) is 1.30. The first-order valence-corrected chi connectivity index (χ1v) is 8.41. The monoisotopic (exact) mass is 326 g/mol. The normalized spacial score (nSPS) is 18.6. The van der Waals surface area contributed by atoms with Crippen LogP contribution in [0, 0.1) is 5.82 Å². The summed E-state index contributed by atoms with van der Waals surface area (Å²) in [7, 11) is 2.06. The Kier molecular flexibility index (Phi) is 5.26. The quantitative estimate of drug-likeness (QED) is 0.861. The van der Waals surface area contributed by atoms with Crippen LogP contribution in [0.1, 0.15) is 23.6 Å². The molecule has 4 heteroatoms. The fourth-order valence-corrected chi connectivity index (χ4v) is 3.20. The van der Waals surface area contributed by atoms with Gasteiger partial charge in [0.05, 0.1) is 6.04 Å². The number of nitrogens with zero attached hydrogens (tertiary/aromatic N) is 2. The highest BCUT2D eigenvalue weighted by Gasteiger charge is 2.28. The molecule has 0 aromatic heterocycles. The number of piperazine rings is 1. The lowest BCUT2D eigenvalue weighted by molar-refractivity contribution is -0.134. The van der Waals surface area contributed by atoms with Gasteiger partial charge in [-0.25, -0.2) is 4.39 Å². The van der Waals surface area contributed by atoms with Crippen LogP contribution in [0.15, 0.2) is 54.6 Å². The second-order valence-corrected chi connectivity index (χ2v) is 6.37. The number of likely N-dealkylation sites (N-methyl/N-ethyl adjacent to an activating group) is 1. The van der Waals surface area contributed by atoms with E-state index in [1.165, 1.54) is 17.7 Å². The molecule has 1 fully saturated rings. The Hall–Kier alpha value is -2.20. The first-order valence-electron chi connectivity index (χ1n) is 8.41. The van der Waals surface area contributed by atoms with Gasteiger partial charge in [0.15, 0.2) is 0 Å². The number of benzene rings is 2. The van der Waals surface area contributed by atoms with Gasteiger partial charge in [0.1, 0.15) is 5.82 Å². The minimum absolute atomic E-state index is 0.125. The Balaban J connectivity index is 1.62. The molecule has 0 bridgehead atoms. The van der Waals surface area contributed by atoms with Gasteiger partial charge < -0.3 is 4.90 Å². The van der Waals surface area contributed by atoms with Gasteiger partial charge >= 0.3 is 0 Å². The Labute approximate surface area is 142 Å². The number of rotatable bonds is 4. The van der Waals surface area contributed by atoms with Gasteiger partial charge in [-0.1, -0.05) is 42.5 Å². The van der Waals surface area contributed by atoms with Crippen LogP contribution in [0.4, 0.5) is 4.39 Å². The van der Waals surface area contributed by atoms with Crippen LogP contribution in [0.5, 0.6) is 0 Å². The summed E-state index contributed by atoms with van der Waals surface area (Å²) in [6.45, 7) is 2.25. The molecule has 0 radical (unpaired) electrons. The molecule has 3 nitrogen and oxygen atoms in total. The summed E-state index contributed by atoms with van der Waals surface area (Å²) in [6, 6.07) is 16.8. The van der Waals surface area contributed by atoms with Gasteiger partial charge in [0.2, 0.25) is 5.91 Å². The maximum atomic E-state index is 13.1. The number of aryl methyl sites for hydroxylation is 1. The Morgan fingerprint density at radius 2 is 1.79 bits per heavy atom. The maximum absolute atomic E-state index is 13.1. The first-order chi connectivity index (χ1) is 11.6. The van der Waals surface area contributed by atoms with E-state index >= 15 is 0 Å². The van der Waals surface area contributed by atoms with Gasteiger partial charge in [-0.15, -0.1) is 0 Å². The average molecular weight is 326 g/mol. The number of hydrogen-bond acceptors (Lipinski definition) is 2. The van der Waals surface area contributed by atoms with Crippen LogP contribution in [-0.2, 0) is 11.2 Å². The van der Waals surface area contributed by atoms with E-state index in [1.54, 1.807) is 0 Å². The van der Waals surface area contributed by atoms with E-state index in [4.69, 9.17) is 0 Å². The van der Waals surface area contributed by atoms with Gasteiger partial charge in [0, 0.05) is 26.1 Å². The van der Waals surface area contributed by atoms with E-state index in [0.717, 1.165) is 25.1 Å². The van der Waals surface area contributed by atoms with Crippen molar-refractivity contribution in [2.24, 2.45) is 0 Å². The molecule has 1 aliphatic rings. The highest BCUT2D eigenvalue weighted by molar-refractivity contribution is 5.76. The lowest BCUT2D eigenvalue weighted by Crippen LogP contribution is -2.49. The lowest BCUT2D eigenvalue weighted by Gasteiger charge is -2.39. The molecular weight excluding hydrogens is 303 g/mol. The Bertz CT molecular complexity index is 672. The zero-order valence-electron chi connectivity index (χ0n) is 14.0. The fraction of sp³-hybridized carbons (Fsp3) is 0.350. The molecule has 0 spiro atoms. The molecular formula is C20H23FN2O. The number of amides is 1. The van der Waals surface area contributed by atoms with E-state index in [2.05, 4.69) is 24.1 Å². The van der Waals surface area contributed by atoms with Crippen LogP contribution in [0.25, 0.3) is 0 Å². The molecule has 1 aliphatic heterocycles. The smallest absolute Gasteiger partial charge is 0.223 e. The van der Waals surface area contributed by atoms with Crippen LogP contribution in [0.3, 0.4) is 0 Å². The highest BCUT2D eigenvalue weighted by Crippen LogP contribution is 2.24. The predicted molar refractivity (Wildman–Crippen MR) is 93.1 cm³/mol. The minimum atomic E-state index is -0.229. The Morgan fingerprint density at radius 3 is 2.50 bits per heavy atom. The number of carbonyl (C=O) groups excluding carboxylic acids is 1. The topological polar surface area (TPSA) is 23.6 Å². The SMILES string of the molecule is CN1CCN(C(=O)CCc2ccccc2)CC1c1ccc(F)cc1. The third-order valence-electron chi connectivity index (χ3n) is 4.73. The summed E-state index contributed by atoms with van der Waals surface area (Å²) in [5, 5.41) is 0. The van der Waals surface area contributed by atoms with Crippen LogP contribution < -0.4 is 0 Å². The lowest BCUT2D eigenvalue weighted by atomic mass is 10.0. The first kappa shape index (κ1) is 16.7. The van der Waals surface area contributed by atoms with Crippen molar-refractivity contribution in [3.8, 4) is 0 Å². The number of hydrogen-bond donors (Lipinski definition) is 0. The van der Waals surface area contributed by atoms with Crippen molar-refractivity contribution < 1.29 is 9.18 Å². The second-order valence-electron chi connectivity index (χ2n) is 6.37. The minimum Gasteiger partial charge on any atom is -0.339 e. The van der Waals surface area contributed by atoms with E-state index in [-0.39, 0.29) is 17.8 Å². The summed E-state index contributed by atoms with van der Waals surface area (Å²) >= 11 is 0. The molecule has 126 valence electrons. The number of halogens is 1. The molecule has 24 heavy (non-hydrogen) atoms. The van der Waals surface area contributed by atoms with Crippen molar-refractivity contribution in [2.75, 3.05) is 26.7 Å². The standard InChI is InChI=1S/C20H23FN2O/c1-22-13-14-23(15-19(22)17-8-10-18(21)11-9-17)20(24)12-7-16-5-3-2-4-6-16/h2-6,8-11,19H,7,12-15H2,1H3. The molecule has 1 unspecified atom stereocenters. The molecule has 1 saturated heterocycles. The third kappa shape index (κ3) is 4.01. The van der Waals surface area contributed by atoms with Gasteiger partial charge in [0.25, 0.3) is 0 Å². The van der Waals surface area contributed by atoms with E-state index < -0.39 is 0 Å². The molecule has 1 amide bonds. The predicted octanol–water partition coefficient (Wildman–Crippen LogP) is 3.27. The van der Waals surface area contributed by atoms with Gasteiger partial charge in [-0.3, -0.25) is 9.69 Å². The van der Waals surface area contributed by atoms with Gasteiger partial charge in [-0.2, -0.15) is 0 Å². The summed E-state index contributed by atoms with van der Waals surface area (Å²) in [5.74, 6) is -0.0351. The second kappa shape index (κ2) is 7.58. The Morgan fingerprint density at radius 1 is 1.08 bits per heavy atom. The van der Waals surface area contributed by atoms with Crippen molar-refractivity contribution in [3.63, 3.8) is 0 Å². The van der Waals surface area contributed by atoms with Crippen LogP contribution in [-0.4, -0.2) is 42.4 Å². The highest BCUT2D eigenvalue weighted by atomic mass is 19.1. The summed E-state index contributed by atoms with van der Waals surface area (Å²) < 4.78 is 13.1. The average Bonchev–Trinajstić information content (AvgIpc) is 2.62. The van der Waals surface area contributed by atoms with Crippen LogP contribution in [0.2, 0.25) is 0 Å². The molecule has 0 saturated carbocycles. The molecule has 2 aromatic rings. The number of carbonyl (C=O) groups is 1. The van der Waals surface area contributed by atoms with Crippen molar-refractivity contribution in [3.05, 3.63) is 71.5 Å². The third-order valence-corrected chi connectivity index (χ3v) is 4.73. The maximum Gasteiger partial charge on any atom is 0.223 e. The van der Waals surface area contributed by atoms with E-state index in [0.29, 0.717) is 13.0 Å². The van der Waals surface area contributed by atoms with Crippen molar-refractivity contribution >= 4 is 5.91 Å². The summed E-state index contributed by atoms with van der Waals surface area (Å²) in [4.78, 5) is 16.7. The fourth-order valence-electron chi connectivity index (χ4n) is 3.20. The molecule has 0 N–H and O–H groups in total.